The fourth-order valence-electron chi connectivity index (χ4n) is 1.73. The van der Waals surface area contributed by atoms with E-state index in [2.05, 4.69) is 9.97 Å². The van der Waals surface area contributed by atoms with Crippen molar-refractivity contribution in [3.63, 3.8) is 0 Å². The lowest BCUT2D eigenvalue weighted by molar-refractivity contribution is -2.00. The summed E-state index contributed by atoms with van der Waals surface area (Å²) >= 11 is 0. The Morgan fingerprint density at radius 1 is 1.05 bits per heavy atom. The molecular formula is C12H13ClN2O5. The van der Waals surface area contributed by atoms with Crippen LogP contribution < -0.4 is 29.2 Å². The molecule has 0 amide bonds. The molecular weight excluding hydrogens is 288 g/mol. The molecule has 1 heterocycles. The number of H-pyrrole nitrogens is 2. The van der Waals surface area contributed by atoms with Gasteiger partial charge in [-0.25, -0.2) is 33.4 Å². The molecule has 0 aliphatic heterocycles. The average Bonchev–Trinajstić information content (AvgIpc) is 2.26. The molecule has 0 aliphatic carbocycles. The number of aromatic nitrogens is 2. The van der Waals surface area contributed by atoms with Crippen LogP contribution in [0.3, 0.4) is 0 Å². The van der Waals surface area contributed by atoms with Crippen LogP contribution in [0, 0.1) is 24.1 Å². The van der Waals surface area contributed by atoms with Gasteiger partial charge >= 0.3 is 5.56 Å². The van der Waals surface area contributed by atoms with Crippen LogP contribution in [0.1, 0.15) is 11.5 Å². The lowest BCUT2D eigenvalue weighted by Gasteiger charge is -2.17. The fourth-order valence-corrected chi connectivity index (χ4v) is 1.73. The van der Waals surface area contributed by atoms with Crippen molar-refractivity contribution in [2.24, 2.45) is 0 Å². The number of hydrogen-bond donors (Lipinski definition) is 1. The molecule has 108 valence electrons. The lowest BCUT2D eigenvalue weighted by atomic mass is 10.1. The van der Waals surface area contributed by atoms with Crippen LogP contribution in [0.5, 0.6) is 0 Å². The molecule has 1 aromatic heterocycles. The SMILES string of the molecule is Cc1[nH]c(=O)c(-c2ccccc2)c(C)[nH+]1.[O-][Cl+3]([O-])([O-])[O-]. The second-order valence-electron chi connectivity index (χ2n) is 3.95. The fraction of sp³-hybridized carbons (Fsp3) is 0.167. The smallest absolute Gasteiger partial charge is 0.248 e. The average molecular weight is 301 g/mol. The van der Waals surface area contributed by atoms with Gasteiger partial charge in [-0.15, -0.1) is 10.2 Å². The van der Waals surface area contributed by atoms with Gasteiger partial charge in [0.05, 0.1) is 0 Å². The normalized spacial score (nSPS) is 10.7. The van der Waals surface area contributed by atoms with E-state index in [1.54, 1.807) is 0 Å². The second-order valence-corrected chi connectivity index (χ2v) is 4.70. The standard InChI is InChI=1S/C12H12N2O.ClHO4/c1-8-11(10-6-4-3-5-7-10)12(15)14-9(2)13-8;2-1(3,4)5/h3-7H,1-2H3,(H,13,14,15);(H,2,3,4,5). The van der Waals surface area contributed by atoms with Crippen LogP contribution in [0.2, 0.25) is 0 Å². The Hall–Kier alpha value is -1.77. The maximum absolute atomic E-state index is 11.8. The Morgan fingerprint density at radius 3 is 2.00 bits per heavy atom. The maximum Gasteiger partial charge on any atom is 0.343 e. The van der Waals surface area contributed by atoms with Crippen molar-refractivity contribution in [3.8, 4) is 11.1 Å². The van der Waals surface area contributed by atoms with E-state index in [-0.39, 0.29) is 5.56 Å². The van der Waals surface area contributed by atoms with E-state index < -0.39 is 10.2 Å². The number of hydrogen-bond acceptors (Lipinski definition) is 5. The largest absolute Gasteiger partial charge is 0.343 e. The summed E-state index contributed by atoms with van der Waals surface area (Å²) in [5.74, 6) is 0.775. The number of benzene rings is 1. The quantitative estimate of drug-likeness (QED) is 0.588. The van der Waals surface area contributed by atoms with Crippen molar-refractivity contribution in [1.29, 1.82) is 0 Å². The first-order valence-corrected chi connectivity index (χ1v) is 6.72. The Balaban J connectivity index is 0.000000347. The Bertz CT molecular complexity index is 616. The molecule has 0 bridgehead atoms. The zero-order valence-electron chi connectivity index (χ0n) is 10.8. The molecule has 0 radical (unpaired) electrons. The molecule has 0 aliphatic rings. The van der Waals surface area contributed by atoms with E-state index in [9.17, 15) is 4.79 Å². The van der Waals surface area contributed by atoms with Gasteiger partial charge in [-0.3, -0.25) is 0 Å². The minimum atomic E-state index is -4.94. The van der Waals surface area contributed by atoms with Crippen molar-refractivity contribution in [3.05, 3.63) is 52.2 Å². The van der Waals surface area contributed by atoms with Crippen molar-refractivity contribution in [2.45, 2.75) is 13.8 Å². The molecule has 8 heteroatoms. The van der Waals surface area contributed by atoms with Gasteiger partial charge in [0.25, 0.3) is 5.82 Å². The minimum Gasteiger partial charge on any atom is -0.248 e. The van der Waals surface area contributed by atoms with Crippen molar-refractivity contribution < 1.29 is 33.9 Å². The van der Waals surface area contributed by atoms with Gasteiger partial charge in [0.15, 0.2) is 0 Å². The van der Waals surface area contributed by atoms with E-state index in [1.807, 2.05) is 44.2 Å². The first kappa shape index (κ1) is 16.3. The second kappa shape index (κ2) is 6.60. The van der Waals surface area contributed by atoms with Gasteiger partial charge in [0.2, 0.25) is 0 Å². The molecule has 7 nitrogen and oxygen atoms in total. The number of halogens is 1. The van der Waals surface area contributed by atoms with Crippen LogP contribution >= 0.6 is 0 Å². The van der Waals surface area contributed by atoms with Gasteiger partial charge in [0, 0.05) is 6.92 Å². The van der Waals surface area contributed by atoms with Gasteiger partial charge in [-0.05, 0) is 12.5 Å². The number of aromatic amines is 2. The van der Waals surface area contributed by atoms with Crippen LogP contribution in [0.4, 0.5) is 0 Å². The zero-order chi connectivity index (χ0) is 15.3. The lowest BCUT2D eigenvalue weighted by Crippen LogP contribution is -2.68. The topological polar surface area (TPSA) is 139 Å². The van der Waals surface area contributed by atoms with E-state index in [1.165, 1.54) is 0 Å². The molecule has 2 aromatic rings. The molecule has 1 aromatic carbocycles. The maximum atomic E-state index is 11.8. The number of nitrogens with one attached hydrogen (secondary N) is 2. The number of rotatable bonds is 1. The summed E-state index contributed by atoms with van der Waals surface area (Å²) in [5.41, 5.74) is 2.49. The summed E-state index contributed by atoms with van der Waals surface area (Å²) < 4.78 is 34.0. The summed E-state index contributed by atoms with van der Waals surface area (Å²) in [5, 5.41) is 0. The summed E-state index contributed by atoms with van der Waals surface area (Å²) in [4.78, 5) is 17.7. The highest BCUT2D eigenvalue weighted by Crippen LogP contribution is 2.15. The van der Waals surface area contributed by atoms with Crippen molar-refractivity contribution in [1.82, 2.24) is 4.98 Å². The first-order chi connectivity index (χ1) is 9.18. The minimum absolute atomic E-state index is 0.0463. The first-order valence-electron chi connectivity index (χ1n) is 5.48. The van der Waals surface area contributed by atoms with E-state index >= 15 is 0 Å². The molecule has 20 heavy (non-hydrogen) atoms. The summed E-state index contributed by atoms with van der Waals surface area (Å²) in [7, 11) is -4.94. The number of aryl methyl sites for hydroxylation is 2. The van der Waals surface area contributed by atoms with E-state index in [0.29, 0.717) is 5.56 Å². The molecule has 0 unspecified atom stereocenters. The van der Waals surface area contributed by atoms with Crippen molar-refractivity contribution in [2.75, 3.05) is 0 Å². The third kappa shape index (κ3) is 5.47. The third-order valence-corrected chi connectivity index (χ3v) is 2.34. The zero-order valence-corrected chi connectivity index (χ0v) is 11.6. The van der Waals surface area contributed by atoms with Crippen molar-refractivity contribution >= 4 is 0 Å². The summed E-state index contributed by atoms with van der Waals surface area (Å²) in [6, 6.07) is 9.65. The predicted octanol–water partition coefficient (Wildman–Crippen LogP) is -3.28. The Morgan fingerprint density at radius 2 is 1.55 bits per heavy atom. The van der Waals surface area contributed by atoms with E-state index in [0.717, 1.165) is 17.1 Å². The van der Waals surface area contributed by atoms with Gasteiger partial charge in [-0.2, -0.15) is 0 Å². The molecule has 0 atom stereocenters. The monoisotopic (exact) mass is 300 g/mol. The van der Waals surface area contributed by atoms with Crippen LogP contribution in [-0.4, -0.2) is 4.98 Å². The molecule has 0 fully saturated rings. The molecule has 0 saturated carbocycles. The van der Waals surface area contributed by atoms with Crippen LogP contribution in [0.15, 0.2) is 35.1 Å². The Kier molecular flexibility index (Phi) is 5.37. The summed E-state index contributed by atoms with van der Waals surface area (Å²) in [6.45, 7) is 3.74. The Labute approximate surface area is 116 Å². The van der Waals surface area contributed by atoms with Crippen LogP contribution in [-0.2, 0) is 0 Å². The highest BCUT2D eigenvalue weighted by Gasteiger charge is 2.12. The van der Waals surface area contributed by atoms with Gasteiger partial charge in [-0.1, -0.05) is 30.3 Å². The molecule has 2 N–H and O–H groups in total. The van der Waals surface area contributed by atoms with Gasteiger partial charge < -0.3 is 0 Å². The summed E-state index contributed by atoms with van der Waals surface area (Å²) in [6.07, 6.45) is 0. The highest BCUT2D eigenvalue weighted by atomic mass is 35.7. The molecule has 0 spiro atoms. The molecule has 2 rings (SSSR count). The predicted molar refractivity (Wildman–Crippen MR) is 58.5 cm³/mol. The van der Waals surface area contributed by atoms with Crippen LogP contribution in [0.25, 0.3) is 11.1 Å². The molecule has 0 saturated heterocycles. The van der Waals surface area contributed by atoms with E-state index in [4.69, 9.17) is 18.6 Å². The van der Waals surface area contributed by atoms with Gasteiger partial charge in [0.1, 0.15) is 11.3 Å². The third-order valence-electron chi connectivity index (χ3n) is 2.34. The highest BCUT2D eigenvalue weighted by molar-refractivity contribution is 5.63.